The monoisotopic (exact) mass is 602 g/mol. The maximum atomic E-state index is 6.60. The number of ether oxygens (including phenoxy) is 1. The van der Waals surface area contributed by atoms with Crippen LogP contribution in [-0.4, -0.2) is 12.5 Å². The van der Waals surface area contributed by atoms with Crippen LogP contribution in [0.1, 0.15) is 0 Å². The van der Waals surface area contributed by atoms with Gasteiger partial charge in [0.05, 0.1) is 16.6 Å². The first kappa shape index (κ1) is 24.5. The molecule has 2 aromatic heterocycles. The van der Waals surface area contributed by atoms with Crippen LogP contribution in [0.4, 0.5) is 17.1 Å². The third-order valence-corrected chi connectivity index (χ3v) is 15.3. The predicted octanol–water partition coefficient (Wildman–Crippen LogP) is 8.10. The summed E-state index contributed by atoms with van der Waals surface area (Å²) in [5.41, 5.74) is 7.42. The van der Waals surface area contributed by atoms with E-state index in [1.807, 2.05) is 0 Å². The number of anilines is 3. The van der Waals surface area contributed by atoms with Gasteiger partial charge in [0.2, 0.25) is 0 Å². The summed E-state index contributed by atoms with van der Waals surface area (Å²) in [4.78, 5) is 2.50. The van der Waals surface area contributed by atoms with Crippen LogP contribution in [0.5, 0.6) is 11.5 Å². The quantitative estimate of drug-likeness (QED) is 0.177. The molecule has 0 fully saturated rings. The molecule has 11 rings (SSSR count). The Morgan fingerprint density at radius 3 is 1.61 bits per heavy atom. The fraction of sp³-hybridized carbons (Fsp3) is 0. The Bertz CT molecular complexity index is 2610. The van der Waals surface area contributed by atoms with Gasteiger partial charge in [-0.1, -0.05) is 115 Å². The van der Waals surface area contributed by atoms with Crippen molar-refractivity contribution in [3.05, 3.63) is 158 Å². The molecular formula is C42H26N2OSi. The summed E-state index contributed by atoms with van der Waals surface area (Å²) in [6.07, 6.45) is 0. The topological polar surface area (TPSA) is 16.9 Å². The molecule has 9 aromatic rings. The average Bonchev–Trinajstić information content (AvgIpc) is 3.64. The molecule has 0 amide bonds. The minimum Gasteiger partial charge on any atom is -0.458 e. The van der Waals surface area contributed by atoms with Crippen LogP contribution in [-0.2, 0) is 0 Å². The Morgan fingerprint density at radius 1 is 0.413 bits per heavy atom. The van der Waals surface area contributed by atoms with Crippen molar-refractivity contribution < 1.29 is 4.74 Å². The lowest BCUT2D eigenvalue weighted by molar-refractivity contribution is 0.487. The van der Waals surface area contributed by atoms with E-state index >= 15 is 0 Å². The molecule has 0 N–H and O–H groups in total. The van der Waals surface area contributed by atoms with Crippen LogP contribution in [0.2, 0.25) is 0 Å². The van der Waals surface area contributed by atoms with Gasteiger partial charge in [0.1, 0.15) is 11.5 Å². The first-order valence-electron chi connectivity index (χ1n) is 15.9. The molecule has 1 spiro atoms. The Hall–Kier alpha value is -5.84. The Kier molecular flexibility index (Phi) is 4.61. The number of hydrogen-bond acceptors (Lipinski definition) is 2. The smallest absolute Gasteiger partial charge is 0.192 e. The summed E-state index contributed by atoms with van der Waals surface area (Å²) in [5, 5.41) is 10.6. The molecule has 0 saturated carbocycles. The highest BCUT2D eigenvalue weighted by atomic mass is 28.3. The normalized spacial score (nSPS) is 14.4. The van der Waals surface area contributed by atoms with Crippen molar-refractivity contribution in [1.82, 2.24) is 4.40 Å². The predicted molar refractivity (Wildman–Crippen MR) is 193 cm³/mol. The maximum Gasteiger partial charge on any atom is 0.192 e. The van der Waals surface area contributed by atoms with Gasteiger partial charge in [0.25, 0.3) is 0 Å². The lowest BCUT2D eigenvalue weighted by Gasteiger charge is -2.47. The third-order valence-electron chi connectivity index (χ3n) is 10.4. The minimum atomic E-state index is -2.74. The van der Waals surface area contributed by atoms with E-state index in [0.717, 1.165) is 17.2 Å². The Labute approximate surface area is 266 Å². The van der Waals surface area contributed by atoms with E-state index in [0.29, 0.717) is 0 Å². The van der Waals surface area contributed by atoms with E-state index in [1.54, 1.807) is 0 Å². The SMILES string of the molecule is c1ccc2c(c1)Oc1ccccc1[Si]21c2ccccc2N(c2ccc3c4cccc5c6ccccc6n(c3c2)c54)c2ccccc21. The maximum absolute atomic E-state index is 6.60. The van der Waals surface area contributed by atoms with E-state index < -0.39 is 8.07 Å². The highest BCUT2D eigenvalue weighted by Gasteiger charge is 2.53. The zero-order valence-electron chi connectivity index (χ0n) is 24.8. The standard InChI is InChI=1S/C42H26N2OSi/c1-2-15-32-28(12-1)30-13-11-14-31-29-25-24-27(26-35(29)44(32)42(30)31)43-33-16-3-7-20-38(33)46(39-21-8-4-17-34(39)43)40-22-9-5-18-36(40)45-37-19-6-10-23-41(37)46/h1-26H. The second-order valence-electron chi connectivity index (χ2n) is 12.5. The fourth-order valence-corrected chi connectivity index (χ4v) is 13.9. The van der Waals surface area contributed by atoms with E-state index in [9.17, 15) is 0 Å². The van der Waals surface area contributed by atoms with Crippen molar-refractivity contribution in [2.24, 2.45) is 0 Å². The lowest BCUT2D eigenvalue weighted by Crippen LogP contribution is -2.78. The molecular weight excluding hydrogens is 577 g/mol. The van der Waals surface area contributed by atoms with E-state index in [1.165, 1.54) is 70.2 Å². The van der Waals surface area contributed by atoms with Crippen molar-refractivity contribution in [2.45, 2.75) is 0 Å². The van der Waals surface area contributed by atoms with Crippen LogP contribution < -0.4 is 30.4 Å². The molecule has 7 aromatic carbocycles. The molecule has 0 atom stereocenters. The van der Waals surface area contributed by atoms with Crippen LogP contribution >= 0.6 is 0 Å². The van der Waals surface area contributed by atoms with Crippen molar-refractivity contribution in [3.63, 3.8) is 0 Å². The molecule has 2 aliphatic heterocycles. The molecule has 2 aliphatic rings. The largest absolute Gasteiger partial charge is 0.458 e. The van der Waals surface area contributed by atoms with Gasteiger partial charge in [-0.05, 0) is 63.2 Å². The number of aromatic nitrogens is 1. The van der Waals surface area contributed by atoms with Crippen molar-refractivity contribution in [1.29, 1.82) is 0 Å². The number of para-hydroxylation sites is 6. The number of rotatable bonds is 1. The first-order chi connectivity index (χ1) is 22.8. The zero-order chi connectivity index (χ0) is 30.0. The minimum absolute atomic E-state index is 0.963. The average molecular weight is 603 g/mol. The van der Waals surface area contributed by atoms with Crippen LogP contribution in [0, 0.1) is 0 Å². The second kappa shape index (κ2) is 8.66. The van der Waals surface area contributed by atoms with Crippen molar-refractivity contribution >= 4 is 84.0 Å². The van der Waals surface area contributed by atoms with Crippen LogP contribution in [0.25, 0.3) is 38.1 Å². The molecule has 0 saturated heterocycles. The third kappa shape index (κ3) is 2.84. The molecule has 46 heavy (non-hydrogen) atoms. The molecule has 0 radical (unpaired) electrons. The Balaban J connectivity index is 1.25. The van der Waals surface area contributed by atoms with Gasteiger partial charge in [-0.2, -0.15) is 0 Å². The molecule has 214 valence electrons. The van der Waals surface area contributed by atoms with Gasteiger partial charge in [-0.3, -0.25) is 0 Å². The number of hydrogen-bond donors (Lipinski definition) is 0. The van der Waals surface area contributed by atoms with Gasteiger partial charge in [0.15, 0.2) is 8.07 Å². The molecule has 0 bridgehead atoms. The fourth-order valence-electron chi connectivity index (χ4n) is 8.66. The van der Waals surface area contributed by atoms with Crippen molar-refractivity contribution in [2.75, 3.05) is 4.90 Å². The van der Waals surface area contributed by atoms with E-state index in [-0.39, 0.29) is 0 Å². The second-order valence-corrected chi connectivity index (χ2v) is 16.1. The van der Waals surface area contributed by atoms with Gasteiger partial charge in [0, 0.05) is 38.6 Å². The number of fused-ring (bicyclic) bond motifs is 14. The summed E-state index contributed by atoms with van der Waals surface area (Å²) in [6, 6.07) is 58.1. The van der Waals surface area contributed by atoms with Crippen LogP contribution in [0.15, 0.2) is 158 Å². The van der Waals surface area contributed by atoms with E-state index in [4.69, 9.17) is 4.74 Å². The summed E-state index contributed by atoms with van der Waals surface area (Å²) >= 11 is 0. The molecule has 3 nitrogen and oxygen atoms in total. The summed E-state index contributed by atoms with van der Waals surface area (Å²) in [5.74, 6) is 1.93. The number of benzene rings is 7. The highest BCUT2D eigenvalue weighted by molar-refractivity contribution is 7.22. The van der Waals surface area contributed by atoms with E-state index in [2.05, 4.69) is 167 Å². The molecule has 0 unspecified atom stereocenters. The summed E-state index contributed by atoms with van der Waals surface area (Å²) < 4.78 is 9.08. The van der Waals surface area contributed by atoms with Gasteiger partial charge in [-0.25, -0.2) is 0 Å². The summed E-state index contributed by atoms with van der Waals surface area (Å²) in [7, 11) is -2.74. The molecule has 4 heterocycles. The van der Waals surface area contributed by atoms with Gasteiger partial charge in [-0.15, -0.1) is 0 Å². The zero-order valence-corrected chi connectivity index (χ0v) is 25.8. The van der Waals surface area contributed by atoms with Crippen LogP contribution in [0.3, 0.4) is 0 Å². The van der Waals surface area contributed by atoms with Gasteiger partial charge < -0.3 is 14.0 Å². The van der Waals surface area contributed by atoms with Crippen molar-refractivity contribution in [3.8, 4) is 11.5 Å². The molecule has 4 heteroatoms. The molecule has 0 aliphatic carbocycles. The summed E-state index contributed by atoms with van der Waals surface area (Å²) in [6.45, 7) is 0. The van der Waals surface area contributed by atoms with Gasteiger partial charge >= 0.3 is 0 Å². The highest BCUT2D eigenvalue weighted by Crippen LogP contribution is 2.44. The Morgan fingerprint density at radius 2 is 0.935 bits per heavy atom. The number of nitrogens with zero attached hydrogens (tertiary/aromatic N) is 2. The lowest BCUT2D eigenvalue weighted by atomic mass is 10.1. The first-order valence-corrected chi connectivity index (χ1v) is 17.9.